The summed E-state index contributed by atoms with van der Waals surface area (Å²) in [5.74, 6) is 0.137. The van der Waals surface area contributed by atoms with E-state index >= 15 is 0 Å². The standard InChI is InChI=1S/C21H27N3O4S/c1-16-5-4-6-18(13-16)15-23-9-11-24(12-10-23)29(26,27)19-7-8-21(28-3)20(14-19)22-17(2)25/h4-8,13-14H,9-12,15H2,1-3H3,(H,22,25)/p+1. The van der Waals surface area contributed by atoms with E-state index in [2.05, 4.69) is 36.5 Å². The van der Waals surface area contributed by atoms with Gasteiger partial charge in [-0.05, 0) is 25.1 Å². The summed E-state index contributed by atoms with van der Waals surface area (Å²) in [7, 11) is -2.16. The molecule has 0 bridgehead atoms. The number of carbonyl (C=O) groups excluding carboxylic acids is 1. The van der Waals surface area contributed by atoms with Crippen LogP contribution in [0.4, 0.5) is 5.69 Å². The molecule has 0 aromatic heterocycles. The van der Waals surface area contributed by atoms with Crippen LogP contribution in [0.5, 0.6) is 5.75 Å². The second kappa shape index (κ2) is 8.94. The highest BCUT2D eigenvalue weighted by Gasteiger charge is 2.31. The van der Waals surface area contributed by atoms with Crippen LogP contribution in [0.2, 0.25) is 0 Å². The number of rotatable bonds is 6. The third-order valence-electron chi connectivity index (χ3n) is 5.09. The van der Waals surface area contributed by atoms with Crippen LogP contribution in [0, 0.1) is 6.92 Å². The van der Waals surface area contributed by atoms with Gasteiger partial charge < -0.3 is 15.0 Å². The largest absolute Gasteiger partial charge is 0.495 e. The molecular weight excluding hydrogens is 390 g/mol. The number of hydrogen-bond donors (Lipinski definition) is 2. The number of benzene rings is 2. The number of quaternary nitrogens is 1. The van der Waals surface area contributed by atoms with Gasteiger partial charge in [-0.3, -0.25) is 4.79 Å². The monoisotopic (exact) mass is 418 g/mol. The lowest BCUT2D eigenvalue weighted by Crippen LogP contribution is -3.13. The number of sulfonamides is 1. The third-order valence-corrected chi connectivity index (χ3v) is 6.98. The first-order valence-electron chi connectivity index (χ1n) is 9.64. The molecule has 1 aliphatic heterocycles. The van der Waals surface area contributed by atoms with E-state index in [4.69, 9.17) is 4.74 Å². The molecule has 0 atom stereocenters. The Kier molecular flexibility index (Phi) is 6.56. The Morgan fingerprint density at radius 3 is 2.52 bits per heavy atom. The summed E-state index contributed by atoms with van der Waals surface area (Å²) in [5, 5.41) is 2.63. The molecule has 0 radical (unpaired) electrons. The molecule has 2 N–H and O–H groups in total. The van der Waals surface area contributed by atoms with Crippen LogP contribution in [0.15, 0.2) is 47.4 Å². The highest BCUT2D eigenvalue weighted by Crippen LogP contribution is 2.29. The molecule has 3 rings (SSSR count). The van der Waals surface area contributed by atoms with E-state index in [0.29, 0.717) is 24.5 Å². The molecule has 7 nitrogen and oxygen atoms in total. The van der Waals surface area contributed by atoms with Crippen molar-refractivity contribution in [1.29, 1.82) is 0 Å². The van der Waals surface area contributed by atoms with Gasteiger partial charge in [0.25, 0.3) is 0 Å². The number of ether oxygens (including phenoxy) is 1. The zero-order chi connectivity index (χ0) is 21.0. The summed E-state index contributed by atoms with van der Waals surface area (Å²) in [6, 6.07) is 13.0. The first-order chi connectivity index (χ1) is 13.8. The molecule has 1 amide bonds. The predicted molar refractivity (Wildman–Crippen MR) is 112 cm³/mol. The van der Waals surface area contributed by atoms with Gasteiger partial charge in [-0.1, -0.05) is 29.8 Å². The van der Waals surface area contributed by atoms with E-state index in [1.165, 1.54) is 46.5 Å². The minimum atomic E-state index is -3.64. The quantitative estimate of drug-likeness (QED) is 0.735. The SMILES string of the molecule is COc1ccc(S(=O)(=O)N2CC[NH+](Cc3cccc(C)c3)CC2)cc1NC(C)=O. The average Bonchev–Trinajstić information content (AvgIpc) is 2.68. The Labute approximate surface area is 172 Å². The number of anilines is 1. The first kappa shape index (κ1) is 21.3. The third kappa shape index (κ3) is 5.14. The smallest absolute Gasteiger partial charge is 0.243 e. The van der Waals surface area contributed by atoms with Crippen molar-refractivity contribution in [1.82, 2.24) is 4.31 Å². The van der Waals surface area contributed by atoms with Crippen LogP contribution < -0.4 is 15.0 Å². The zero-order valence-electron chi connectivity index (χ0n) is 17.1. The predicted octanol–water partition coefficient (Wildman–Crippen LogP) is 1.05. The Morgan fingerprint density at radius 2 is 1.90 bits per heavy atom. The van der Waals surface area contributed by atoms with Crippen LogP contribution in [0.25, 0.3) is 0 Å². The summed E-state index contributed by atoms with van der Waals surface area (Å²) in [4.78, 5) is 12.9. The van der Waals surface area contributed by atoms with Gasteiger partial charge in [-0.15, -0.1) is 0 Å². The fraction of sp³-hybridized carbons (Fsp3) is 0.381. The number of nitrogens with one attached hydrogen (secondary N) is 2. The molecule has 0 spiro atoms. The molecule has 156 valence electrons. The van der Waals surface area contributed by atoms with Gasteiger partial charge in [-0.25, -0.2) is 8.42 Å². The van der Waals surface area contributed by atoms with Crippen LogP contribution in [0.1, 0.15) is 18.1 Å². The van der Waals surface area contributed by atoms with Crippen LogP contribution in [-0.2, 0) is 21.4 Å². The Hall–Kier alpha value is -2.42. The fourth-order valence-electron chi connectivity index (χ4n) is 3.61. The highest BCUT2D eigenvalue weighted by molar-refractivity contribution is 7.89. The van der Waals surface area contributed by atoms with Crippen LogP contribution in [0.3, 0.4) is 0 Å². The van der Waals surface area contributed by atoms with Crippen LogP contribution in [-0.4, -0.2) is 51.9 Å². The number of carbonyl (C=O) groups is 1. The van der Waals surface area contributed by atoms with E-state index in [-0.39, 0.29) is 10.8 Å². The normalized spacial score (nSPS) is 15.8. The van der Waals surface area contributed by atoms with Crippen molar-refractivity contribution in [2.24, 2.45) is 0 Å². The van der Waals surface area contributed by atoms with Gasteiger partial charge in [0.1, 0.15) is 12.3 Å². The maximum atomic E-state index is 13.1. The molecule has 0 saturated carbocycles. The molecule has 0 aliphatic carbocycles. The zero-order valence-corrected chi connectivity index (χ0v) is 17.9. The molecule has 1 heterocycles. The Morgan fingerprint density at radius 1 is 1.17 bits per heavy atom. The topological polar surface area (TPSA) is 80.2 Å². The molecule has 1 fully saturated rings. The van der Waals surface area contributed by atoms with Gasteiger partial charge >= 0.3 is 0 Å². The summed E-state index contributed by atoms with van der Waals surface area (Å²) >= 11 is 0. The van der Waals surface area contributed by atoms with Crippen molar-refractivity contribution in [3.05, 3.63) is 53.6 Å². The number of hydrogen-bond acceptors (Lipinski definition) is 4. The second-order valence-corrected chi connectivity index (χ2v) is 9.30. The lowest BCUT2D eigenvalue weighted by atomic mass is 10.1. The molecule has 2 aromatic rings. The average molecular weight is 419 g/mol. The van der Waals surface area contributed by atoms with Crippen molar-refractivity contribution >= 4 is 21.6 Å². The van der Waals surface area contributed by atoms with E-state index in [0.717, 1.165) is 19.6 Å². The van der Waals surface area contributed by atoms with Crippen LogP contribution >= 0.6 is 0 Å². The minimum Gasteiger partial charge on any atom is -0.495 e. The summed E-state index contributed by atoms with van der Waals surface area (Å²) in [6.45, 7) is 6.77. The Balaban J connectivity index is 1.70. The molecule has 1 saturated heterocycles. The maximum absolute atomic E-state index is 13.1. The van der Waals surface area contributed by atoms with E-state index in [1.54, 1.807) is 6.07 Å². The van der Waals surface area contributed by atoms with E-state index in [1.807, 2.05) is 0 Å². The van der Waals surface area contributed by atoms with Crippen molar-refractivity contribution in [2.45, 2.75) is 25.3 Å². The van der Waals surface area contributed by atoms with Crippen molar-refractivity contribution in [3.63, 3.8) is 0 Å². The summed E-state index contributed by atoms with van der Waals surface area (Å²) in [6.07, 6.45) is 0. The first-order valence-corrected chi connectivity index (χ1v) is 11.1. The number of methoxy groups -OCH3 is 1. The molecule has 0 unspecified atom stereocenters. The van der Waals surface area contributed by atoms with E-state index < -0.39 is 10.0 Å². The van der Waals surface area contributed by atoms with Gasteiger partial charge in [0.05, 0.1) is 43.9 Å². The number of piperazine rings is 1. The van der Waals surface area contributed by atoms with Crippen molar-refractivity contribution in [2.75, 3.05) is 38.6 Å². The van der Waals surface area contributed by atoms with E-state index in [9.17, 15) is 13.2 Å². The number of amides is 1. The van der Waals surface area contributed by atoms with Gasteiger partial charge in [-0.2, -0.15) is 4.31 Å². The number of nitrogens with zero attached hydrogens (tertiary/aromatic N) is 1. The van der Waals surface area contributed by atoms with Gasteiger partial charge in [0, 0.05) is 12.5 Å². The maximum Gasteiger partial charge on any atom is 0.243 e. The lowest BCUT2D eigenvalue weighted by Gasteiger charge is -2.31. The fourth-order valence-corrected chi connectivity index (χ4v) is 5.08. The second-order valence-electron chi connectivity index (χ2n) is 7.36. The van der Waals surface area contributed by atoms with Gasteiger partial charge in [0.15, 0.2) is 0 Å². The summed E-state index contributed by atoms with van der Waals surface area (Å²) in [5.41, 5.74) is 2.86. The molecule has 2 aromatic carbocycles. The molecule has 1 aliphatic rings. The van der Waals surface area contributed by atoms with Crippen molar-refractivity contribution < 1.29 is 22.8 Å². The minimum absolute atomic E-state index is 0.157. The molecular formula is C21H28N3O4S+. The lowest BCUT2D eigenvalue weighted by molar-refractivity contribution is -0.917. The highest BCUT2D eigenvalue weighted by atomic mass is 32.2. The Bertz CT molecular complexity index is 983. The van der Waals surface area contributed by atoms with Crippen molar-refractivity contribution in [3.8, 4) is 5.75 Å². The molecule has 8 heteroatoms. The molecule has 29 heavy (non-hydrogen) atoms. The van der Waals surface area contributed by atoms with Gasteiger partial charge in [0.2, 0.25) is 15.9 Å². The number of aryl methyl sites for hydroxylation is 1. The summed E-state index contributed by atoms with van der Waals surface area (Å²) < 4.78 is 32.9.